The molecule has 5 nitrogen and oxygen atoms in total. The van der Waals surface area contributed by atoms with Gasteiger partial charge in [0.1, 0.15) is 16.5 Å². The summed E-state index contributed by atoms with van der Waals surface area (Å²) in [5, 5.41) is 13.5. The molecular weight excluding hydrogens is 263 g/mol. The van der Waals surface area contributed by atoms with Crippen LogP contribution in [-0.2, 0) is 6.54 Å². The van der Waals surface area contributed by atoms with E-state index < -0.39 is 10.7 Å². The highest BCUT2D eigenvalue weighted by Gasteiger charge is 2.11. The Balaban J connectivity index is 2.04. The number of nitrogens with one attached hydrogen (secondary N) is 1. The summed E-state index contributed by atoms with van der Waals surface area (Å²) in [6.07, 6.45) is 0. The summed E-state index contributed by atoms with van der Waals surface area (Å²) >= 11 is 5.81. The van der Waals surface area contributed by atoms with Crippen molar-refractivity contribution in [1.29, 1.82) is 0 Å². The third kappa shape index (κ3) is 2.78. The third-order valence-corrected chi connectivity index (χ3v) is 2.52. The van der Waals surface area contributed by atoms with Crippen LogP contribution in [0.2, 0.25) is 5.02 Å². The van der Waals surface area contributed by atoms with Crippen LogP contribution in [0.25, 0.3) is 0 Å². The highest BCUT2D eigenvalue weighted by molar-refractivity contribution is 6.33. The highest BCUT2D eigenvalue weighted by atomic mass is 35.5. The number of rotatable bonds is 4. The van der Waals surface area contributed by atoms with Crippen LogP contribution in [0.1, 0.15) is 5.76 Å². The summed E-state index contributed by atoms with van der Waals surface area (Å²) in [5.74, 6) is -0.363. The van der Waals surface area contributed by atoms with Crippen molar-refractivity contribution in [2.45, 2.75) is 6.54 Å². The van der Waals surface area contributed by atoms with Gasteiger partial charge in [-0.05, 0) is 24.3 Å². The molecule has 1 aromatic heterocycles. The largest absolute Gasteiger partial charge is 0.433 e. The summed E-state index contributed by atoms with van der Waals surface area (Å²) in [6.45, 7) is 0.221. The van der Waals surface area contributed by atoms with E-state index in [1.54, 1.807) is 0 Å². The molecule has 0 amide bonds. The van der Waals surface area contributed by atoms with Crippen LogP contribution in [-0.4, -0.2) is 4.92 Å². The minimum absolute atomic E-state index is 0.221. The highest BCUT2D eigenvalue weighted by Crippen LogP contribution is 2.23. The molecule has 0 bridgehead atoms. The predicted octanol–water partition coefficient (Wildman–Crippen LogP) is 3.59. The van der Waals surface area contributed by atoms with Crippen molar-refractivity contribution in [2.75, 3.05) is 5.32 Å². The summed E-state index contributed by atoms with van der Waals surface area (Å²) in [4.78, 5) is 9.79. The maximum Gasteiger partial charge on any atom is 0.433 e. The smallest absolute Gasteiger partial charge is 0.404 e. The molecule has 0 saturated heterocycles. The molecule has 0 fully saturated rings. The van der Waals surface area contributed by atoms with Crippen molar-refractivity contribution in [3.63, 3.8) is 0 Å². The average molecular weight is 271 g/mol. The molecule has 0 atom stereocenters. The Labute approximate surface area is 106 Å². The number of benzene rings is 1. The lowest BCUT2D eigenvalue weighted by atomic mass is 10.3. The van der Waals surface area contributed by atoms with Gasteiger partial charge in [0.25, 0.3) is 0 Å². The summed E-state index contributed by atoms with van der Waals surface area (Å²) < 4.78 is 17.7. The minimum Gasteiger partial charge on any atom is -0.404 e. The SMILES string of the molecule is O=[N+]([O-])c1ccc(CNc2ccc(F)cc2Cl)o1. The molecule has 0 radical (unpaired) electrons. The van der Waals surface area contributed by atoms with Crippen LogP contribution in [0.5, 0.6) is 0 Å². The van der Waals surface area contributed by atoms with Crippen molar-refractivity contribution in [1.82, 2.24) is 0 Å². The van der Waals surface area contributed by atoms with Gasteiger partial charge in [-0.3, -0.25) is 10.1 Å². The summed E-state index contributed by atoms with van der Waals surface area (Å²) in [5.41, 5.74) is 0.525. The van der Waals surface area contributed by atoms with E-state index in [1.807, 2.05) is 0 Å². The van der Waals surface area contributed by atoms with Gasteiger partial charge in [-0.25, -0.2) is 4.39 Å². The molecular formula is C11H8ClFN2O3. The number of hydrogen-bond donors (Lipinski definition) is 1. The molecule has 0 spiro atoms. The van der Waals surface area contributed by atoms with Crippen LogP contribution in [0.15, 0.2) is 34.7 Å². The van der Waals surface area contributed by atoms with E-state index in [0.717, 1.165) is 0 Å². The van der Waals surface area contributed by atoms with E-state index in [9.17, 15) is 14.5 Å². The first kappa shape index (κ1) is 12.4. The summed E-state index contributed by atoms with van der Waals surface area (Å²) in [7, 11) is 0. The lowest BCUT2D eigenvalue weighted by Gasteiger charge is -2.06. The zero-order valence-corrected chi connectivity index (χ0v) is 9.78. The Kier molecular flexibility index (Phi) is 3.47. The molecule has 2 aromatic rings. The zero-order chi connectivity index (χ0) is 13.1. The molecule has 1 heterocycles. The van der Waals surface area contributed by atoms with Crippen LogP contribution >= 0.6 is 11.6 Å². The van der Waals surface area contributed by atoms with Crippen LogP contribution in [0.3, 0.4) is 0 Å². The standard InChI is InChI=1S/C11H8ClFN2O3/c12-9-5-7(13)1-3-10(9)14-6-8-2-4-11(18-8)15(16)17/h1-5,14H,6H2. The third-order valence-electron chi connectivity index (χ3n) is 2.21. The fourth-order valence-corrected chi connectivity index (χ4v) is 1.61. The van der Waals surface area contributed by atoms with E-state index in [0.29, 0.717) is 11.4 Å². The van der Waals surface area contributed by atoms with Crippen LogP contribution < -0.4 is 5.32 Å². The van der Waals surface area contributed by atoms with Crippen molar-refractivity contribution in [3.05, 3.63) is 57.0 Å². The van der Waals surface area contributed by atoms with E-state index in [4.69, 9.17) is 16.0 Å². The second-order valence-electron chi connectivity index (χ2n) is 3.47. The molecule has 2 rings (SSSR count). The number of hydrogen-bond acceptors (Lipinski definition) is 4. The molecule has 94 valence electrons. The number of nitro groups is 1. The van der Waals surface area contributed by atoms with Crippen molar-refractivity contribution in [2.24, 2.45) is 0 Å². The Hall–Kier alpha value is -2.08. The zero-order valence-electron chi connectivity index (χ0n) is 9.02. The van der Waals surface area contributed by atoms with Gasteiger partial charge < -0.3 is 9.73 Å². The number of anilines is 1. The Bertz CT molecular complexity index is 585. The molecule has 0 aliphatic heterocycles. The fourth-order valence-electron chi connectivity index (χ4n) is 1.37. The number of furan rings is 1. The van der Waals surface area contributed by atoms with Crippen LogP contribution in [0.4, 0.5) is 16.0 Å². The molecule has 0 unspecified atom stereocenters. The number of halogens is 2. The van der Waals surface area contributed by atoms with E-state index in [2.05, 4.69) is 5.32 Å². The van der Waals surface area contributed by atoms with Gasteiger partial charge in [-0.15, -0.1) is 0 Å². The molecule has 1 aromatic carbocycles. The quantitative estimate of drug-likeness (QED) is 0.681. The lowest BCUT2D eigenvalue weighted by molar-refractivity contribution is -0.402. The van der Waals surface area contributed by atoms with Crippen molar-refractivity contribution in [3.8, 4) is 0 Å². The first-order chi connectivity index (χ1) is 8.56. The Morgan fingerprint density at radius 1 is 1.39 bits per heavy atom. The lowest BCUT2D eigenvalue weighted by Crippen LogP contribution is -1.98. The second kappa shape index (κ2) is 5.05. The van der Waals surface area contributed by atoms with Crippen molar-refractivity contribution < 1.29 is 13.7 Å². The Morgan fingerprint density at radius 2 is 2.17 bits per heavy atom. The van der Waals surface area contributed by atoms with Crippen molar-refractivity contribution >= 4 is 23.2 Å². The maximum atomic E-state index is 12.8. The van der Waals surface area contributed by atoms with Gasteiger partial charge >= 0.3 is 5.88 Å². The number of nitrogens with zero attached hydrogens (tertiary/aromatic N) is 1. The van der Waals surface area contributed by atoms with Gasteiger partial charge in [0, 0.05) is 0 Å². The second-order valence-corrected chi connectivity index (χ2v) is 3.88. The molecule has 7 heteroatoms. The summed E-state index contributed by atoms with van der Waals surface area (Å²) in [6, 6.07) is 6.67. The average Bonchev–Trinajstić information content (AvgIpc) is 2.76. The van der Waals surface area contributed by atoms with E-state index in [-0.39, 0.29) is 17.5 Å². The monoisotopic (exact) mass is 270 g/mol. The Morgan fingerprint density at radius 3 is 2.78 bits per heavy atom. The van der Waals surface area contributed by atoms with E-state index in [1.165, 1.54) is 30.3 Å². The first-order valence-electron chi connectivity index (χ1n) is 4.98. The molecule has 0 aliphatic rings. The first-order valence-corrected chi connectivity index (χ1v) is 5.36. The molecule has 1 N–H and O–H groups in total. The van der Waals surface area contributed by atoms with E-state index >= 15 is 0 Å². The maximum absolute atomic E-state index is 12.8. The van der Waals surface area contributed by atoms with Gasteiger partial charge in [0.05, 0.1) is 23.3 Å². The fraction of sp³-hybridized carbons (Fsp3) is 0.0909. The normalized spacial score (nSPS) is 10.3. The van der Waals surface area contributed by atoms with Gasteiger partial charge in [-0.2, -0.15) is 0 Å². The molecule has 18 heavy (non-hydrogen) atoms. The minimum atomic E-state index is -0.617. The molecule has 0 saturated carbocycles. The van der Waals surface area contributed by atoms with Gasteiger partial charge in [-0.1, -0.05) is 11.6 Å². The van der Waals surface area contributed by atoms with Gasteiger partial charge in [0.2, 0.25) is 0 Å². The predicted molar refractivity (Wildman–Crippen MR) is 64.1 cm³/mol. The topological polar surface area (TPSA) is 68.3 Å². The van der Waals surface area contributed by atoms with Crippen LogP contribution in [0, 0.1) is 15.9 Å². The molecule has 0 aliphatic carbocycles. The van der Waals surface area contributed by atoms with Gasteiger partial charge in [0.15, 0.2) is 0 Å².